The van der Waals surface area contributed by atoms with Crippen molar-refractivity contribution in [1.29, 1.82) is 0 Å². The quantitative estimate of drug-likeness (QED) is 0.900. The molecule has 1 aromatic carbocycles. The summed E-state index contributed by atoms with van der Waals surface area (Å²) in [7, 11) is 1.81. The largest absolute Gasteiger partial charge is 0.328 e. The van der Waals surface area contributed by atoms with Gasteiger partial charge in [0.15, 0.2) is 5.82 Å². The van der Waals surface area contributed by atoms with Crippen molar-refractivity contribution in [3.63, 3.8) is 0 Å². The standard InChI is InChI=1S/C16H19ClFN3/c1-11(2)19-9-12-7-15(17)16(20-10-12)21(3)14-6-4-5-13(18)8-14/h4-8,10-11,19H,9H2,1-3H3. The second kappa shape index (κ2) is 6.87. The first-order valence-corrected chi connectivity index (χ1v) is 7.22. The van der Waals surface area contributed by atoms with E-state index in [1.807, 2.05) is 19.2 Å². The summed E-state index contributed by atoms with van der Waals surface area (Å²) < 4.78 is 13.3. The highest BCUT2D eigenvalue weighted by Crippen LogP contribution is 2.29. The minimum Gasteiger partial charge on any atom is -0.328 e. The molecule has 112 valence electrons. The number of pyridine rings is 1. The maximum absolute atomic E-state index is 13.3. The first-order valence-electron chi connectivity index (χ1n) is 6.84. The van der Waals surface area contributed by atoms with Crippen molar-refractivity contribution in [3.05, 3.63) is 52.9 Å². The third-order valence-electron chi connectivity index (χ3n) is 3.11. The zero-order valence-electron chi connectivity index (χ0n) is 12.4. The Labute approximate surface area is 129 Å². The molecular weight excluding hydrogens is 289 g/mol. The fraction of sp³-hybridized carbons (Fsp3) is 0.312. The van der Waals surface area contributed by atoms with E-state index in [9.17, 15) is 4.39 Å². The van der Waals surface area contributed by atoms with Gasteiger partial charge in [-0.05, 0) is 29.8 Å². The summed E-state index contributed by atoms with van der Waals surface area (Å²) in [6.45, 7) is 4.89. The minimum absolute atomic E-state index is 0.284. The molecule has 21 heavy (non-hydrogen) atoms. The van der Waals surface area contributed by atoms with Gasteiger partial charge in [-0.15, -0.1) is 0 Å². The number of nitrogens with zero attached hydrogens (tertiary/aromatic N) is 2. The molecule has 1 aromatic heterocycles. The number of hydrogen-bond donors (Lipinski definition) is 1. The summed E-state index contributed by atoms with van der Waals surface area (Å²) in [4.78, 5) is 6.16. The molecule has 0 unspecified atom stereocenters. The van der Waals surface area contributed by atoms with Crippen LogP contribution in [0.15, 0.2) is 36.5 Å². The Balaban J connectivity index is 2.20. The second-order valence-electron chi connectivity index (χ2n) is 5.22. The number of nitrogens with one attached hydrogen (secondary N) is 1. The first kappa shape index (κ1) is 15.7. The predicted molar refractivity (Wildman–Crippen MR) is 85.7 cm³/mol. The van der Waals surface area contributed by atoms with Crippen LogP contribution in [-0.2, 0) is 6.54 Å². The molecule has 0 saturated heterocycles. The third kappa shape index (κ3) is 4.16. The Morgan fingerprint density at radius 1 is 1.33 bits per heavy atom. The molecule has 0 aliphatic carbocycles. The van der Waals surface area contributed by atoms with Crippen molar-refractivity contribution >= 4 is 23.1 Å². The number of benzene rings is 1. The van der Waals surface area contributed by atoms with E-state index in [4.69, 9.17) is 11.6 Å². The lowest BCUT2D eigenvalue weighted by Gasteiger charge is -2.20. The Kier molecular flexibility index (Phi) is 5.15. The van der Waals surface area contributed by atoms with E-state index in [1.165, 1.54) is 12.1 Å². The monoisotopic (exact) mass is 307 g/mol. The van der Waals surface area contributed by atoms with Crippen LogP contribution in [0, 0.1) is 5.82 Å². The van der Waals surface area contributed by atoms with Crippen LogP contribution >= 0.6 is 11.6 Å². The Morgan fingerprint density at radius 2 is 2.10 bits per heavy atom. The fourth-order valence-corrected chi connectivity index (χ4v) is 2.26. The lowest BCUT2D eigenvalue weighted by Crippen LogP contribution is -2.22. The van der Waals surface area contributed by atoms with Crippen LogP contribution in [0.5, 0.6) is 0 Å². The normalized spacial score (nSPS) is 11.0. The van der Waals surface area contributed by atoms with E-state index in [1.54, 1.807) is 17.2 Å². The van der Waals surface area contributed by atoms with E-state index in [0.717, 1.165) is 5.56 Å². The van der Waals surface area contributed by atoms with Gasteiger partial charge in [-0.25, -0.2) is 9.37 Å². The number of halogens is 2. The molecule has 0 fully saturated rings. The van der Waals surface area contributed by atoms with E-state index in [0.29, 0.717) is 29.1 Å². The summed E-state index contributed by atoms with van der Waals surface area (Å²) in [6, 6.07) is 8.62. The highest BCUT2D eigenvalue weighted by atomic mass is 35.5. The van der Waals surface area contributed by atoms with Crippen LogP contribution in [-0.4, -0.2) is 18.1 Å². The zero-order valence-corrected chi connectivity index (χ0v) is 13.2. The number of anilines is 2. The summed E-state index contributed by atoms with van der Waals surface area (Å²) in [6.07, 6.45) is 1.78. The van der Waals surface area contributed by atoms with Crippen LogP contribution in [0.25, 0.3) is 0 Å². The molecule has 1 heterocycles. The SMILES string of the molecule is CC(C)NCc1cnc(N(C)c2cccc(F)c2)c(Cl)c1. The molecule has 0 amide bonds. The van der Waals surface area contributed by atoms with Crippen LogP contribution in [0.1, 0.15) is 19.4 Å². The summed E-state index contributed by atoms with van der Waals surface area (Å²) in [5, 5.41) is 3.86. The second-order valence-corrected chi connectivity index (χ2v) is 5.63. The molecule has 1 N–H and O–H groups in total. The Hall–Kier alpha value is -1.65. The highest BCUT2D eigenvalue weighted by Gasteiger charge is 2.11. The van der Waals surface area contributed by atoms with Gasteiger partial charge in [-0.2, -0.15) is 0 Å². The first-order chi connectivity index (χ1) is 9.97. The van der Waals surface area contributed by atoms with Crippen molar-refractivity contribution in [1.82, 2.24) is 10.3 Å². The van der Waals surface area contributed by atoms with Crippen molar-refractivity contribution in [3.8, 4) is 0 Å². The van der Waals surface area contributed by atoms with Gasteiger partial charge in [0, 0.05) is 31.5 Å². The van der Waals surface area contributed by atoms with Gasteiger partial charge >= 0.3 is 0 Å². The highest BCUT2D eigenvalue weighted by molar-refractivity contribution is 6.33. The van der Waals surface area contributed by atoms with Crippen molar-refractivity contribution < 1.29 is 4.39 Å². The third-order valence-corrected chi connectivity index (χ3v) is 3.38. The van der Waals surface area contributed by atoms with Crippen LogP contribution in [0.4, 0.5) is 15.9 Å². The van der Waals surface area contributed by atoms with Crippen LogP contribution < -0.4 is 10.2 Å². The summed E-state index contributed by atoms with van der Waals surface area (Å²) in [5.41, 5.74) is 1.72. The molecule has 0 atom stereocenters. The predicted octanol–water partition coefficient (Wildman–Crippen LogP) is 4.14. The Bertz CT molecular complexity index is 616. The lowest BCUT2D eigenvalue weighted by molar-refractivity contribution is 0.588. The molecule has 0 aliphatic heterocycles. The van der Waals surface area contributed by atoms with Gasteiger partial charge in [-0.1, -0.05) is 31.5 Å². The van der Waals surface area contributed by atoms with Gasteiger partial charge in [0.1, 0.15) is 5.82 Å². The minimum atomic E-state index is -0.284. The Morgan fingerprint density at radius 3 is 2.71 bits per heavy atom. The molecule has 0 bridgehead atoms. The molecular formula is C16H19ClFN3. The van der Waals surface area contributed by atoms with Gasteiger partial charge < -0.3 is 10.2 Å². The molecule has 5 heteroatoms. The maximum Gasteiger partial charge on any atom is 0.151 e. The van der Waals surface area contributed by atoms with Crippen LogP contribution in [0.3, 0.4) is 0 Å². The molecule has 0 spiro atoms. The van der Waals surface area contributed by atoms with E-state index in [-0.39, 0.29) is 5.82 Å². The lowest BCUT2D eigenvalue weighted by atomic mass is 10.2. The van der Waals surface area contributed by atoms with Crippen molar-refractivity contribution in [2.45, 2.75) is 26.4 Å². The average Bonchev–Trinajstić information content (AvgIpc) is 2.44. The van der Waals surface area contributed by atoms with Crippen molar-refractivity contribution in [2.75, 3.05) is 11.9 Å². The van der Waals surface area contributed by atoms with E-state index >= 15 is 0 Å². The van der Waals surface area contributed by atoms with Gasteiger partial charge in [0.05, 0.1) is 5.02 Å². The zero-order chi connectivity index (χ0) is 15.4. The van der Waals surface area contributed by atoms with Crippen molar-refractivity contribution in [2.24, 2.45) is 0 Å². The molecule has 0 radical (unpaired) electrons. The topological polar surface area (TPSA) is 28.2 Å². The van der Waals surface area contributed by atoms with Gasteiger partial charge in [0.25, 0.3) is 0 Å². The smallest absolute Gasteiger partial charge is 0.151 e. The fourth-order valence-electron chi connectivity index (χ4n) is 1.94. The molecule has 0 saturated carbocycles. The average molecular weight is 308 g/mol. The summed E-state index contributed by atoms with van der Waals surface area (Å²) in [5.74, 6) is 0.323. The van der Waals surface area contributed by atoms with E-state index in [2.05, 4.69) is 24.1 Å². The molecule has 2 aromatic rings. The molecule has 2 rings (SSSR count). The van der Waals surface area contributed by atoms with Gasteiger partial charge in [0.2, 0.25) is 0 Å². The van der Waals surface area contributed by atoms with Gasteiger partial charge in [-0.3, -0.25) is 0 Å². The summed E-state index contributed by atoms with van der Waals surface area (Å²) >= 11 is 6.30. The molecule has 3 nitrogen and oxygen atoms in total. The maximum atomic E-state index is 13.3. The van der Waals surface area contributed by atoms with Crippen LogP contribution in [0.2, 0.25) is 5.02 Å². The number of aromatic nitrogens is 1. The van der Waals surface area contributed by atoms with E-state index < -0.39 is 0 Å². The number of hydrogen-bond acceptors (Lipinski definition) is 3. The molecule has 0 aliphatic rings. The number of rotatable bonds is 5.